The quantitative estimate of drug-likeness (QED) is 0.561. The zero-order chi connectivity index (χ0) is 9.26. The van der Waals surface area contributed by atoms with Crippen molar-refractivity contribution in [3.8, 4) is 0 Å². The van der Waals surface area contributed by atoms with Crippen LogP contribution >= 0.6 is 0 Å². The Hall–Kier alpha value is 0.0649. The Labute approximate surface area is 83.7 Å². The molecule has 0 aromatic rings. The van der Waals surface area contributed by atoms with Gasteiger partial charge in [0.05, 0.1) is 0 Å². The second-order valence-corrected chi connectivity index (χ2v) is 5.26. The van der Waals surface area contributed by atoms with Gasteiger partial charge in [0.2, 0.25) is 0 Å². The normalized spacial score (nSPS) is 40.9. The van der Waals surface area contributed by atoms with Crippen LogP contribution in [0.15, 0.2) is 0 Å². The van der Waals surface area contributed by atoms with E-state index in [-0.39, 0.29) is 0 Å². The highest BCUT2D eigenvalue weighted by molar-refractivity contribution is 6.40. The fourth-order valence-electron chi connectivity index (χ4n) is 3.28. The minimum absolute atomic E-state index is 0.969. The summed E-state index contributed by atoms with van der Waals surface area (Å²) >= 11 is 0. The van der Waals surface area contributed by atoms with Crippen molar-refractivity contribution in [2.24, 2.45) is 11.8 Å². The van der Waals surface area contributed by atoms with Crippen molar-refractivity contribution in [3.05, 3.63) is 0 Å². The molecular formula is C12H22B. The molecule has 3 unspecified atom stereocenters. The maximum Gasteiger partial charge on any atom is 0.117 e. The Morgan fingerprint density at radius 2 is 1.85 bits per heavy atom. The second kappa shape index (κ2) is 4.06. The fraction of sp³-hybridized carbons (Fsp3) is 1.00. The van der Waals surface area contributed by atoms with E-state index in [1.165, 1.54) is 38.5 Å². The first-order valence-electron chi connectivity index (χ1n) is 6.14. The number of hydrogen-bond donors (Lipinski definition) is 0. The van der Waals surface area contributed by atoms with Crippen LogP contribution in [0.5, 0.6) is 0 Å². The topological polar surface area (TPSA) is 0 Å². The van der Waals surface area contributed by atoms with Crippen LogP contribution in [0.1, 0.15) is 52.4 Å². The molecule has 2 aliphatic heterocycles. The van der Waals surface area contributed by atoms with Crippen molar-refractivity contribution in [1.82, 2.24) is 0 Å². The van der Waals surface area contributed by atoms with Crippen molar-refractivity contribution in [3.63, 3.8) is 0 Å². The summed E-state index contributed by atoms with van der Waals surface area (Å²) in [6.07, 6.45) is 8.87. The molecule has 2 rings (SSSR count). The van der Waals surface area contributed by atoms with Gasteiger partial charge in [0.1, 0.15) is 7.28 Å². The van der Waals surface area contributed by atoms with Gasteiger partial charge in [-0.05, 0) is 11.8 Å². The summed E-state index contributed by atoms with van der Waals surface area (Å²) in [5.74, 6) is 4.00. The SMILES string of the molecule is CCC(C)C1CC2[B]C(CCC2)C1. The predicted molar refractivity (Wildman–Crippen MR) is 59.3 cm³/mol. The summed E-state index contributed by atoms with van der Waals surface area (Å²) in [5.41, 5.74) is 0. The summed E-state index contributed by atoms with van der Waals surface area (Å²) in [6.45, 7) is 4.80. The van der Waals surface area contributed by atoms with Crippen LogP contribution in [0, 0.1) is 11.8 Å². The average molecular weight is 177 g/mol. The molecular weight excluding hydrogens is 155 g/mol. The van der Waals surface area contributed by atoms with Crippen molar-refractivity contribution >= 4 is 7.28 Å². The number of rotatable bonds is 2. The van der Waals surface area contributed by atoms with Crippen molar-refractivity contribution in [2.45, 2.75) is 64.0 Å². The standard InChI is InChI=1S/C12H22B/c1-3-9(2)10-7-11-5-4-6-12(8-10)13-11/h9-12H,3-8H2,1-2H3. The van der Waals surface area contributed by atoms with Crippen molar-refractivity contribution < 1.29 is 0 Å². The van der Waals surface area contributed by atoms with Crippen LogP contribution in [0.3, 0.4) is 0 Å². The van der Waals surface area contributed by atoms with E-state index in [0.717, 1.165) is 23.5 Å². The lowest BCUT2D eigenvalue weighted by atomic mass is 9.41. The Balaban J connectivity index is 1.93. The molecule has 2 heterocycles. The van der Waals surface area contributed by atoms with E-state index in [1.54, 1.807) is 0 Å². The Kier molecular flexibility index (Phi) is 3.01. The van der Waals surface area contributed by atoms with Crippen LogP contribution in [0.2, 0.25) is 11.6 Å². The van der Waals surface area contributed by atoms with Gasteiger partial charge >= 0.3 is 0 Å². The summed E-state index contributed by atoms with van der Waals surface area (Å²) < 4.78 is 0. The molecule has 2 aliphatic rings. The summed E-state index contributed by atoms with van der Waals surface area (Å²) in [4.78, 5) is 0. The van der Waals surface area contributed by atoms with Crippen molar-refractivity contribution in [1.29, 1.82) is 0 Å². The van der Waals surface area contributed by atoms with Gasteiger partial charge in [-0.1, -0.05) is 64.0 Å². The molecule has 2 fully saturated rings. The first-order valence-corrected chi connectivity index (χ1v) is 6.14. The van der Waals surface area contributed by atoms with Gasteiger partial charge in [0.15, 0.2) is 0 Å². The van der Waals surface area contributed by atoms with E-state index >= 15 is 0 Å². The molecule has 13 heavy (non-hydrogen) atoms. The molecule has 0 nitrogen and oxygen atoms in total. The third kappa shape index (κ3) is 2.11. The van der Waals surface area contributed by atoms with Crippen molar-refractivity contribution in [2.75, 3.05) is 0 Å². The van der Waals surface area contributed by atoms with Gasteiger partial charge in [0.25, 0.3) is 0 Å². The summed E-state index contributed by atoms with van der Waals surface area (Å²) in [5, 5.41) is 0. The highest BCUT2D eigenvalue weighted by atomic mass is 14.3. The molecule has 0 aliphatic carbocycles. The van der Waals surface area contributed by atoms with Crippen LogP contribution in [-0.2, 0) is 0 Å². The van der Waals surface area contributed by atoms with Gasteiger partial charge in [0, 0.05) is 0 Å². The highest BCUT2D eigenvalue weighted by Crippen LogP contribution is 2.46. The monoisotopic (exact) mass is 177 g/mol. The Bertz CT molecular complexity index is 155. The maximum absolute atomic E-state index is 2.67. The van der Waals surface area contributed by atoms with Gasteiger partial charge in [-0.15, -0.1) is 0 Å². The fourth-order valence-corrected chi connectivity index (χ4v) is 3.28. The Morgan fingerprint density at radius 1 is 1.23 bits per heavy atom. The van der Waals surface area contributed by atoms with E-state index in [2.05, 4.69) is 21.1 Å². The molecule has 0 saturated carbocycles. The van der Waals surface area contributed by atoms with Crippen LogP contribution in [0.4, 0.5) is 0 Å². The zero-order valence-corrected chi connectivity index (χ0v) is 9.13. The molecule has 73 valence electrons. The van der Waals surface area contributed by atoms with E-state index in [1.807, 2.05) is 0 Å². The van der Waals surface area contributed by atoms with E-state index < -0.39 is 0 Å². The van der Waals surface area contributed by atoms with Gasteiger partial charge in [-0.25, -0.2) is 0 Å². The predicted octanol–water partition coefficient (Wildman–Crippen LogP) is 3.91. The minimum Gasteiger partial charge on any atom is -0.0683 e. The maximum atomic E-state index is 2.67. The molecule has 1 heteroatoms. The molecule has 0 amide bonds. The van der Waals surface area contributed by atoms with Crippen LogP contribution in [-0.4, -0.2) is 7.28 Å². The molecule has 2 bridgehead atoms. The smallest absolute Gasteiger partial charge is 0.0683 e. The van der Waals surface area contributed by atoms with Crippen LogP contribution < -0.4 is 0 Å². The third-order valence-corrected chi connectivity index (χ3v) is 4.35. The molecule has 0 N–H and O–H groups in total. The lowest BCUT2D eigenvalue weighted by Gasteiger charge is -2.40. The molecule has 0 spiro atoms. The van der Waals surface area contributed by atoms with Gasteiger partial charge < -0.3 is 0 Å². The summed E-state index contributed by atoms with van der Waals surface area (Å²) in [7, 11) is 2.67. The van der Waals surface area contributed by atoms with Crippen LogP contribution in [0.25, 0.3) is 0 Å². The van der Waals surface area contributed by atoms with Gasteiger partial charge in [-0.3, -0.25) is 0 Å². The van der Waals surface area contributed by atoms with E-state index in [4.69, 9.17) is 0 Å². The highest BCUT2D eigenvalue weighted by Gasteiger charge is 2.34. The molecule has 0 aromatic heterocycles. The number of fused-ring (bicyclic) bond motifs is 2. The first-order chi connectivity index (χ1) is 6.29. The van der Waals surface area contributed by atoms with Gasteiger partial charge in [-0.2, -0.15) is 0 Å². The summed E-state index contributed by atoms with van der Waals surface area (Å²) in [6, 6.07) is 0. The molecule has 2 saturated heterocycles. The lowest BCUT2D eigenvalue weighted by molar-refractivity contribution is 0.255. The lowest BCUT2D eigenvalue weighted by Crippen LogP contribution is -2.30. The largest absolute Gasteiger partial charge is 0.117 e. The molecule has 3 atom stereocenters. The van der Waals surface area contributed by atoms with E-state index in [9.17, 15) is 0 Å². The number of hydrogen-bond acceptors (Lipinski definition) is 0. The minimum atomic E-state index is 0.969. The van der Waals surface area contributed by atoms with E-state index in [0.29, 0.717) is 0 Å². The zero-order valence-electron chi connectivity index (χ0n) is 9.13. The second-order valence-electron chi connectivity index (χ2n) is 5.26. The molecule has 0 aromatic carbocycles. The average Bonchev–Trinajstić information content (AvgIpc) is 2.16. The molecule has 1 radical (unpaired) electrons. The Morgan fingerprint density at radius 3 is 2.38 bits per heavy atom. The first kappa shape index (κ1) is 9.61. The third-order valence-electron chi connectivity index (χ3n) is 4.35.